The van der Waals surface area contributed by atoms with Crippen LogP contribution < -0.4 is 0 Å². The summed E-state index contributed by atoms with van der Waals surface area (Å²) in [4.78, 5) is 8.16. The van der Waals surface area contributed by atoms with Gasteiger partial charge in [-0.1, -0.05) is 12.8 Å². The van der Waals surface area contributed by atoms with Crippen molar-refractivity contribution in [1.82, 2.24) is 9.97 Å². The summed E-state index contributed by atoms with van der Waals surface area (Å²) in [5, 5.41) is 0. The van der Waals surface area contributed by atoms with Crippen molar-refractivity contribution in [3.63, 3.8) is 0 Å². The summed E-state index contributed by atoms with van der Waals surface area (Å²) in [5.74, 6) is 6.14. The fourth-order valence-corrected chi connectivity index (χ4v) is 0.789. The molecule has 3 heteroatoms. The van der Waals surface area contributed by atoms with Gasteiger partial charge in [-0.2, -0.15) is 0 Å². The molecule has 0 aliphatic carbocycles. The minimum Gasteiger partial charge on any atom is -0.372 e. The average molecular weight is 176 g/mol. The number of hydrogen-bond donors (Lipinski definition) is 0. The van der Waals surface area contributed by atoms with E-state index in [0.717, 1.165) is 12.0 Å². The highest BCUT2D eigenvalue weighted by molar-refractivity contribution is 5.21. The van der Waals surface area contributed by atoms with Crippen LogP contribution in [0.15, 0.2) is 12.4 Å². The zero-order valence-electron chi connectivity index (χ0n) is 7.87. The molecule has 0 saturated carbocycles. The van der Waals surface area contributed by atoms with Gasteiger partial charge in [-0.25, -0.2) is 9.97 Å². The Bertz CT molecular complexity index is 308. The molecule has 0 atom stereocenters. The van der Waals surface area contributed by atoms with Gasteiger partial charge in [0.2, 0.25) is 5.82 Å². The third kappa shape index (κ3) is 3.22. The number of hydrogen-bond acceptors (Lipinski definition) is 3. The van der Waals surface area contributed by atoms with E-state index >= 15 is 0 Å². The summed E-state index contributed by atoms with van der Waals surface area (Å²) >= 11 is 0. The molecular weight excluding hydrogens is 164 g/mol. The van der Waals surface area contributed by atoms with Crippen molar-refractivity contribution < 1.29 is 4.74 Å². The van der Waals surface area contributed by atoms with Crippen molar-refractivity contribution in [2.24, 2.45) is 0 Å². The van der Waals surface area contributed by atoms with Gasteiger partial charge in [0.15, 0.2) is 0 Å². The maximum Gasteiger partial charge on any atom is 0.204 e. The standard InChI is InChI=1S/C10H12N2O/c1-3-9-7-11-10(12-8-9)5-4-6-13-2/h7-8H,3,6H2,1-2H3. The summed E-state index contributed by atoms with van der Waals surface area (Å²) in [6, 6.07) is 0. The highest BCUT2D eigenvalue weighted by Gasteiger charge is 1.90. The van der Waals surface area contributed by atoms with Crippen LogP contribution in [0.3, 0.4) is 0 Å². The average Bonchev–Trinajstić information content (AvgIpc) is 2.19. The molecule has 13 heavy (non-hydrogen) atoms. The summed E-state index contributed by atoms with van der Waals surface area (Å²) in [6.07, 6.45) is 4.54. The van der Waals surface area contributed by atoms with E-state index in [1.54, 1.807) is 19.5 Å². The summed E-state index contributed by atoms with van der Waals surface area (Å²) < 4.78 is 4.78. The van der Waals surface area contributed by atoms with Crippen molar-refractivity contribution in [2.75, 3.05) is 13.7 Å². The van der Waals surface area contributed by atoms with Crippen LogP contribution in [0.25, 0.3) is 0 Å². The lowest BCUT2D eigenvalue weighted by atomic mass is 10.3. The van der Waals surface area contributed by atoms with Gasteiger partial charge in [-0.05, 0) is 17.9 Å². The largest absolute Gasteiger partial charge is 0.372 e. The van der Waals surface area contributed by atoms with Gasteiger partial charge in [0.05, 0.1) is 0 Å². The summed E-state index contributed by atoms with van der Waals surface area (Å²) in [5.41, 5.74) is 1.12. The first-order valence-corrected chi connectivity index (χ1v) is 4.15. The van der Waals surface area contributed by atoms with Gasteiger partial charge in [0.1, 0.15) is 6.61 Å². The Morgan fingerprint density at radius 2 is 2.08 bits per heavy atom. The zero-order chi connectivity index (χ0) is 9.52. The topological polar surface area (TPSA) is 35.0 Å². The molecule has 0 amide bonds. The summed E-state index contributed by atoms with van der Waals surface area (Å²) in [6.45, 7) is 2.48. The Balaban J connectivity index is 2.65. The molecule has 0 fully saturated rings. The molecule has 0 aliphatic heterocycles. The highest BCUT2D eigenvalue weighted by Crippen LogP contribution is 1.95. The molecular formula is C10H12N2O. The molecule has 1 aromatic rings. The van der Waals surface area contributed by atoms with Crippen LogP contribution in [0, 0.1) is 11.8 Å². The fourth-order valence-electron chi connectivity index (χ4n) is 0.789. The first-order chi connectivity index (χ1) is 6.36. The second kappa shape index (κ2) is 5.28. The molecule has 0 bridgehead atoms. The SMILES string of the molecule is CCc1cnc(C#CCOC)nc1. The predicted octanol–water partition coefficient (Wildman–Crippen LogP) is 1.04. The normalized spacial score (nSPS) is 9.08. The minimum absolute atomic E-state index is 0.416. The van der Waals surface area contributed by atoms with Gasteiger partial charge < -0.3 is 4.74 Å². The third-order valence-electron chi connectivity index (χ3n) is 1.53. The number of aromatic nitrogens is 2. The maximum atomic E-state index is 4.78. The van der Waals surface area contributed by atoms with E-state index in [9.17, 15) is 0 Å². The molecule has 0 aromatic carbocycles. The van der Waals surface area contributed by atoms with Crippen molar-refractivity contribution in [3.05, 3.63) is 23.8 Å². The van der Waals surface area contributed by atoms with Gasteiger partial charge in [-0.15, -0.1) is 0 Å². The molecule has 0 radical (unpaired) electrons. The van der Waals surface area contributed by atoms with Crippen LogP contribution in [0.4, 0.5) is 0 Å². The minimum atomic E-state index is 0.416. The number of nitrogens with zero attached hydrogens (tertiary/aromatic N) is 2. The summed E-state index contributed by atoms with van der Waals surface area (Å²) in [7, 11) is 1.61. The first kappa shape index (κ1) is 9.69. The Morgan fingerprint density at radius 1 is 1.38 bits per heavy atom. The van der Waals surface area contributed by atoms with E-state index in [0.29, 0.717) is 12.4 Å². The lowest BCUT2D eigenvalue weighted by molar-refractivity contribution is 0.240. The van der Waals surface area contributed by atoms with Crippen molar-refractivity contribution in [1.29, 1.82) is 0 Å². The quantitative estimate of drug-likeness (QED) is 0.631. The van der Waals surface area contributed by atoms with Crippen LogP contribution >= 0.6 is 0 Å². The number of aryl methyl sites for hydroxylation is 1. The van der Waals surface area contributed by atoms with E-state index in [1.165, 1.54) is 0 Å². The van der Waals surface area contributed by atoms with Crippen LogP contribution in [-0.4, -0.2) is 23.7 Å². The molecule has 0 unspecified atom stereocenters. The molecule has 1 aromatic heterocycles. The van der Waals surface area contributed by atoms with E-state index in [1.807, 2.05) is 0 Å². The first-order valence-electron chi connectivity index (χ1n) is 4.15. The van der Waals surface area contributed by atoms with E-state index in [2.05, 4.69) is 28.7 Å². The van der Waals surface area contributed by atoms with Crippen molar-refractivity contribution >= 4 is 0 Å². The molecule has 0 aliphatic rings. The molecule has 0 saturated heterocycles. The Kier molecular flexibility index (Phi) is 3.94. The predicted molar refractivity (Wildman–Crippen MR) is 50.2 cm³/mol. The second-order valence-electron chi connectivity index (χ2n) is 2.50. The Morgan fingerprint density at radius 3 is 2.62 bits per heavy atom. The van der Waals surface area contributed by atoms with Gasteiger partial charge in [0.25, 0.3) is 0 Å². The number of rotatable bonds is 2. The van der Waals surface area contributed by atoms with Crippen LogP contribution in [0.1, 0.15) is 18.3 Å². The molecule has 0 N–H and O–H groups in total. The molecule has 1 heterocycles. The van der Waals surface area contributed by atoms with Gasteiger partial charge >= 0.3 is 0 Å². The van der Waals surface area contributed by atoms with E-state index < -0.39 is 0 Å². The highest BCUT2D eigenvalue weighted by atomic mass is 16.5. The Labute approximate surface area is 78.2 Å². The molecule has 1 rings (SSSR count). The third-order valence-corrected chi connectivity index (χ3v) is 1.53. The van der Waals surface area contributed by atoms with Gasteiger partial charge in [0, 0.05) is 19.5 Å². The van der Waals surface area contributed by atoms with Gasteiger partial charge in [-0.3, -0.25) is 0 Å². The lowest BCUT2D eigenvalue weighted by Gasteiger charge is -1.93. The number of methoxy groups -OCH3 is 1. The number of ether oxygens (including phenoxy) is 1. The van der Waals surface area contributed by atoms with E-state index in [4.69, 9.17) is 4.74 Å². The lowest BCUT2D eigenvalue weighted by Crippen LogP contribution is -1.91. The molecule has 0 spiro atoms. The fraction of sp³-hybridized carbons (Fsp3) is 0.400. The van der Waals surface area contributed by atoms with Crippen molar-refractivity contribution in [3.8, 4) is 11.8 Å². The van der Waals surface area contributed by atoms with Crippen LogP contribution in [0.2, 0.25) is 0 Å². The zero-order valence-corrected chi connectivity index (χ0v) is 7.87. The molecule has 68 valence electrons. The Hall–Kier alpha value is -1.40. The molecule has 3 nitrogen and oxygen atoms in total. The second-order valence-corrected chi connectivity index (χ2v) is 2.50. The van der Waals surface area contributed by atoms with Crippen LogP contribution in [0.5, 0.6) is 0 Å². The van der Waals surface area contributed by atoms with E-state index in [-0.39, 0.29) is 0 Å². The monoisotopic (exact) mass is 176 g/mol. The van der Waals surface area contributed by atoms with Crippen molar-refractivity contribution in [2.45, 2.75) is 13.3 Å². The maximum absolute atomic E-state index is 4.78. The van der Waals surface area contributed by atoms with Crippen LogP contribution in [-0.2, 0) is 11.2 Å². The smallest absolute Gasteiger partial charge is 0.204 e.